The van der Waals surface area contributed by atoms with Crippen LogP contribution >= 0.6 is 11.8 Å². The van der Waals surface area contributed by atoms with Crippen molar-refractivity contribution in [2.24, 2.45) is 0 Å². The van der Waals surface area contributed by atoms with Crippen LogP contribution in [-0.4, -0.2) is 31.9 Å². The minimum atomic E-state index is -5.01. The number of carbonyl (C=O) groups is 1. The topological polar surface area (TPSA) is 72.7 Å². The van der Waals surface area contributed by atoms with Crippen LogP contribution in [0.15, 0.2) is 41.6 Å². The van der Waals surface area contributed by atoms with E-state index in [4.69, 9.17) is 0 Å². The van der Waals surface area contributed by atoms with E-state index in [1.807, 2.05) is 26.0 Å². The third kappa shape index (κ3) is 5.58. The summed E-state index contributed by atoms with van der Waals surface area (Å²) < 4.78 is 79.1. The molecule has 0 saturated carbocycles. The van der Waals surface area contributed by atoms with Crippen LogP contribution in [0.1, 0.15) is 22.3 Å². The quantitative estimate of drug-likeness (QED) is 0.413. The highest BCUT2D eigenvalue weighted by atomic mass is 32.2. The van der Waals surface area contributed by atoms with Crippen molar-refractivity contribution >= 4 is 23.4 Å². The normalized spacial score (nSPS) is 12.1. The van der Waals surface area contributed by atoms with Gasteiger partial charge in [0.2, 0.25) is 11.1 Å². The molecule has 0 aliphatic rings. The Balaban J connectivity index is 1.75. The van der Waals surface area contributed by atoms with Crippen LogP contribution in [-0.2, 0) is 17.1 Å². The molecule has 0 bridgehead atoms. The van der Waals surface area contributed by atoms with E-state index >= 15 is 0 Å². The fraction of sp³-hybridized carbons (Fsp3) is 0.263. The second-order valence-corrected chi connectivity index (χ2v) is 7.72. The fourth-order valence-electron chi connectivity index (χ4n) is 2.64. The molecule has 170 valence electrons. The maximum atomic E-state index is 13.0. The summed E-state index contributed by atoms with van der Waals surface area (Å²) in [6.07, 6.45) is -10.0. The van der Waals surface area contributed by atoms with Crippen molar-refractivity contribution in [1.82, 2.24) is 20.2 Å². The van der Waals surface area contributed by atoms with Gasteiger partial charge in [0.1, 0.15) is 0 Å². The Labute approximate surface area is 182 Å². The van der Waals surface area contributed by atoms with E-state index in [1.54, 1.807) is 6.07 Å². The number of amides is 1. The molecule has 1 heterocycles. The Hall–Kier alpha value is -3.09. The predicted molar refractivity (Wildman–Crippen MR) is 104 cm³/mol. The number of carbonyl (C=O) groups excluding carboxylic acids is 1. The lowest BCUT2D eigenvalue weighted by Crippen LogP contribution is -2.17. The fourth-order valence-corrected chi connectivity index (χ4v) is 3.33. The number of aromatic nitrogens is 4. The van der Waals surface area contributed by atoms with Gasteiger partial charge in [-0.2, -0.15) is 31.0 Å². The van der Waals surface area contributed by atoms with E-state index in [1.165, 1.54) is 4.68 Å². The zero-order valence-electron chi connectivity index (χ0n) is 16.5. The summed E-state index contributed by atoms with van der Waals surface area (Å²) in [6, 6.07) is 6.33. The first-order valence-electron chi connectivity index (χ1n) is 8.93. The largest absolute Gasteiger partial charge is 0.416 e. The van der Waals surface area contributed by atoms with Crippen LogP contribution in [0.2, 0.25) is 0 Å². The van der Waals surface area contributed by atoms with E-state index in [0.717, 1.165) is 22.9 Å². The summed E-state index contributed by atoms with van der Waals surface area (Å²) in [7, 11) is 0. The zero-order chi connectivity index (χ0) is 23.7. The lowest BCUT2D eigenvalue weighted by Gasteiger charge is -2.14. The molecule has 13 heteroatoms. The molecule has 0 saturated heterocycles. The lowest BCUT2D eigenvalue weighted by molar-refractivity contribution is -0.143. The van der Waals surface area contributed by atoms with Gasteiger partial charge >= 0.3 is 12.4 Å². The van der Waals surface area contributed by atoms with Gasteiger partial charge < -0.3 is 5.32 Å². The molecule has 0 aliphatic heterocycles. The number of anilines is 1. The molecule has 0 aliphatic carbocycles. The molecule has 1 aromatic heterocycles. The summed E-state index contributed by atoms with van der Waals surface area (Å²) in [5.41, 5.74) is -0.991. The number of aryl methyl sites for hydroxylation is 2. The lowest BCUT2D eigenvalue weighted by atomic mass is 10.1. The number of hydrogen-bond acceptors (Lipinski definition) is 5. The van der Waals surface area contributed by atoms with Crippen molar-refractivity contribution in [3.8, 4) is 5.69 Å². The molecule has 1 amide bonds. The zero-order valence-corrected chi connectivity index (χ0v) is 17.4. The number of alkyl halides is 6. The number of tetrazole rings is 1. The Kier molecular flexibility index (Phi) is 6.49. The standard InChI is InChI=1S/C19H15F6N5OS/c1-10-3-4-15(5-11(10)2)30-17(27-28-29-30)32-9-16(31)26-14-7-12(18(20,21)22)6-13(8-14)19(23,24)25/h3-8H,9H2,1-2H3,(H,26,31). The third-order valence-electron chi connectivity index (χ3n) is 4.38. The van der Waals surface area contributed by atoms with Crippen molar-refractivity contribution in [2.75, 3.05) is 11.1 Å². The number of hydrogen-bond donors (Lipinski definition) is 1. The second-order valence-electron chi connectivity index (χ2n) is 6.77. The molecule has 0 atom stereocenters. The SMILES string of the molecule is Cc1ccc(-n2nnnc2SCC(=O)Nc2cc(C(F)(F)F)cc(C(F)(F)F)c2)cc1C. The molecular weight excluding hydrogens is 460 g/mol. The minimum absolute atomic E-state index is 0.0118. The molecule has 3 aromatic rings. The highest BCUT2D eigenvalue weighted by molar-refractivity contribution is 7.99. The maximum absolute atomic E-state index is 13.0. The highest BCUT2D eigenvalue weighted by Gasteiger charge is 2.37. The first-order valence-corrected chi connectivity index (χ1v) is 9.91. The summed E-state index contributed by atoms with van der Waals surface area (Å²) in [5.74, 6) is -1.17. The number of thioether (sulfide) groups is 1. The smallest absolute Gasteiger partial charge is 0.325 e. The first kappa shape index (κ1) is 23.6. The van der Waals surface area contributed by atoms with E-state index in [0.29, 0.717) is 17.8 Å². The van der Waals surface area contributed by atoms with Gasteiger partial charge in [-0.1, -0.05) is 17.8 Å². The number of benzene rings is 2. The monoisotopic (exact) mass is 475 g/mol. The minimum Gasteiger partial charge on any atom is -0.325 e. The van der Waals surface area contributed by atoms with Crippen LogP contribution in [0.5, 0.6) is 0 Å². The highest BCUT2D eigenvalue weighted by Crippen LogP contribution is 2.37. The Morgan fingerprint density at radius 3 is 2.16 bits per heavy atom. The molecule has 32 heavy (non-hydrogen) atoms. The van der Waals surface area contributed by atoms with Gasteiger partial charge in [-0.05, 0) is 65.7 Å². The van der Waals surface area contributed by atoms with E-state index < -0.39 is 35.1 Å². The number of nitrogens with zero attached hydrogens (tertiary/aromatic N) is 4. The first-order chi connectivity index (χ1) is 14.8. The second kappa shape index (κ2) is 8.81. The molecule has 0 spiro atoms. The van der Waals surface area contributed by atoms with Crippen LogP contribution in [0.3, 0.4) is 0 Å². The molecule has 2 aromatic carbocycles. The van der Waals surface area contributed by atoms with Gasteiger partial charge in [-0.15, -0.1) is 5.10 Å². The Bertz CT molecular complexity index is 1110. The van der Waals surface area contributed by atoms with Gasteiger partial charge in [0.05, 0.1) is 22.6 Å². The van der Waals surface area contributed by atoms with E-state index in [9.17, 15) is 31.1 Å². The van der Waals surface area contributed by atoms with Crippen LogP contribution in [0, 0.1) is 13.8 Å². The molecule has 6 nitrogen and oxygen atoms in total. The van der Waals surface area contributed by atoms with Crippen molar-refractivity contribution in [3.63, 3.8) is 0 Å². The maximum Gasteiger partial charge on any atom is 0.416 e. The molecule has 0 unspecified atom stereocenters. The predicted octanol–water partition coefficient (Wildman–Crippen LogP) is 5.05. The summed E-state index contributed by atoms with van der Waals surface area (Å²) in [5, 5.41) is 13.5. The Morgan fingerprint density at radius 1 is 0.969 bits per heavy atom. The average molecular weight is 475 g/mol. The molecule has 0 fully saturated rings. The summed E-state index contributed by atoms with van der Waals surface area (Å²) in [4.78, 5) is 12.2. The number of halogens is 6. The van der Waals surface area contributed by atoms with Crippen LogP contribution in [0.25, 0.3) is 5.69 Å². The van der Waals surface area contributed by atoms with Gasteiger partial charge in [0.25, 0.3) is 0 Å². The summed E-state index contributed by atoms with van der Waals surface area (Å²) in [6.45, 7) is 3.82. The Morgan fingerprint density at radius 2 is 1.59 bits per heavy atom. The molecule has 1 N–H and O–H groups in total. The van der Waals surface area contributed by atoms with Crippen LogP contribution < -0.4 is 5.32 Å². The average Bonchev–Trinajstić information content (AvgIpc) is 3.15. The van der Waals surface area contributed by atoms with Gasteiger partial charge in [0.15, 0.2) is 0 Å². The molecule has 0 radical (unpaired) electrons. The van der Waals surface area contributed by atoms with Crippen molar-refractivity contribution in [2.45, 2.75) is 31.4 Å². The number of nitrogens with one attached hydrogen (secondary N) is 1. The third-order valence-corrected chi connectivity index (χ3v) is 5.30. The van der Waals surface area contributed by atoms with E-state index in [-0.39, 0.29) is 17.0 Å². The van der Waals surface area contributed by atoms with Gasteiger partial charge in [0, 0.05) is 5.69 Å². The van der Waals surface area contributed by atoms with E-state index in [2.05, 4.69) is 20.8 Å². The van der Waals surface area contributed by atoms with Crippen molar-refractivity contribution in [1.29, 1.82) is 0 Å². The van der Waals surface area contributed by atoms with Crippen LogP contribution in [0.4, 0.5) is 32.0 Å². The molecular formula is C19H15F6N5OS. The summed E-state index contributed by atoms with van der Waals surface area (Å²) >= 11 is 0.876. The van der Waals surface area contributed by atoms with Crippen molar-refractivity contribution < 1.29 is 31.1 Å². The number of rotatable bonds is 5. The van der Waals surface area contributed by atoms with Gasteiger partial charge in [-0.25, -0.2) is 0 Å². The molecule has 3 rings (SSSR count). The van der Waals surface area contributed by atoms with Gasteiger partial charge in [-0.3, -0.25) is 4.79 Å². The van der Waals surface area contributed by atoms with Crippen molar-refractivity contribution in [3.05, 3.63) is 58.7 Å².